The van der Waals surface area contributed by atoms with E-state index >= 15 is 0 Å². The van der Waals surface area contributed by atoms with Crippen LogP contribution in [0.25, 0.3) is 10.8 Å². The average molecular weight is 396 g/mol. The van der Waals surface area contributed by atoms with Crippen LogP contribution in [0.1, 0.15) is 76.7 Å². The molecule has 160 valence electrons. The molecular formula is C27H41NO. The van der Waals surface area contributed by atoms with Gasteiger partial charge in [-0.3, -0.25) is 0 Å². The maximum absolute atomic E-state index is 11.3. The van der Waals surface area contributed by atoms with Crippen molar-refractivity contribution in [3.05, 3.63) is 47.0 Å². The third kappa shape index (κ3) is 5.83. The molecule has 2 heteroatoms. The summed E-state index contributed by atoms with van der Waals surface area (Å²) < 4.78 is 0. The van der Waals surface area contributed by atoms with Gasteiger partial charge in [0.25, 0.3) is 0 Å². The Morgan fingerprint density at radius 1 is 1.00 bits per heavy atom. The number of fused-ring (bicyclic) bond motifs is 3. The number of aliphatic hydroxyl groups is 1. The van der Waals surface area contributed by atoms with Crippen molar-refractivity contribution >= 4 is 10.8 Å². The highest BCUT2D eigenvalue weighted by atomic mass is 16.3. The van der Waals surface area contributed by atoms with Gasteiger partial charge in [-0.25, -0.2) is 0 Å². The molecule has 0 amide bonds. The van der Waals surface area contributed by atoms with Crippen LogP contribution in [-0.4, -0.2) is 29.6 Å². The van der Waals surface area contributed by atoms with Crippen molar-refractivity contribution in [1.29, 1.82) is 0 Å². The van der Waals surface area contributed by atoms with Gasteiger partial charge in [-0.15, -0.1) is 0 Å². The Bertz CT molecular complexity index is 782. The fraction of sp³-hybridized carbons (Fsp3) is 0.630. The van der Waals surface area contributed by atoms with E-state index in [1.807, 2.05) is 0 Å². The molecule has 0 fully saturated rings. The normalized spacial score (nSPS) is 18.0. The second-order valence-corrected chi connectivity index (χ2v) is 10.2. The number of aryl methyl sites for hydroxylation is 1. The third-order valence-electron chi connectivity index (χ3n) is 6.57. The summed E-state index contributed by atoms with van der Waals surface area (Å²) in [4.78, 5) is 2.49. The lowest BCUT2D eigenvalue weighted by molar-refractivity contribution is 0.108. The van der Waals surface area contributed by atoms with E-state index in [1.54, 1.807) is 0 Å². The fourth-order valence-electron chi connectivity index (χ4n) is 4.66. The largest absolute Gasteiger partial charge is 0.387 e. The predicted octanol–water partition coefficient (Wildman–Crippen LogP) is 6.39. The van der Waals surface area contributed by atoms with Crippen molar-refractivity contribution < 1.29 is 5.11 Å². The first-order valence-electron chi connectivity index (χ1n) is 11.8. The number of benzene rings is 2. The Labute approximate surface area is 178 Å². The van der Waals surface area contributed by atoms with Crippen LogP contribution < -0.4 is 0 Å². The van der Waals surface area contributed by atoms with E-state index in [-0.39, 0.29) is 0 Å². The van der Waals surface area contributed by atoms with E-state index < -0.39 is 6.10 Å². The van der Waals surface area contributed by atoms with Gasteiger partial charge in [0.1, 0.15) is 0 Å². The van der Waals surface area contributed by atoms with Crippen LogP contribution in [-0.2, 0) is 12.8 Å². The molecule has 1 aliphatic carbocycles. The highest BCUT2D eigenvalue weighted by molar-refractivity contribution is 5.90. The van der Waals surface area contributed by atoms with Gasteiger partial charge in [0.2, 0.25) is 0 Å². The van der Waals surface area contributed by atoms with Gasteiger partial charge in [-0.2, -0.15) is 0 Å². The van der Waals surface area contributed by atoms with Gasteiger partial charge in [-0.05, 0) is 90.4 Å². The third-order valence-corrected chi connectivity index (χ3v) is 6.57. The summed E-state index contributed by atoms with van der Waals surface area (Å²) in [6.45, 7) is 14.4. The van der Waals surface area contributed by atoms with Gasteiger partial charge in [0.15, 0.2) is 0 Å². The van der Waals surface area contributed by atoms with E-state index in [1.165, 1.54) is 47.6 Å². The first-order chi connectivity index (χ1) is 13.8. The number of nitrogens with zero attached hydrogens (tertiary/aromatic N) is 1. The van der Waals surface area contributed by atoms with E-state index in [9.17, 15) is 5.11 Å². The van der Waals surface area contributed by atoms with Crippen LogP contribution in [0.2, 0.25) is 0 Å². The van der Waals surface area contributed by atoms with Gasteiger partial charge in [-0.1, -0.05) is 65.0 Å². The molecule has 0 aromatic heterocycles. The van der Waals surface area contributed by atoms with Crippen LogP contribution in [0.15, 0.2) is 30.3 Å². The summed E-state index contributed by atoms with van der Waals surface area (Å²) in [5.74, 6) is 2.13. The Morgan fingerprint density at radius 2 is 1.62 bits per heavy atom. The Kier molecular flexibility index (Phi) is 7.76. The van der Waals surface area contributed by atoms with Gasteiger partial charge in [0, 0.05) is 6.54 Å². The lowest BCUT2D eigenvalue weighted by Gasteiger charge is -2.29. The quantitative estimate of drug-likeness (QED) is 0.531. The molecule has 0 bridgehead atoms. The summed E-state index contributed by atoms with van der Waals surface area (Å²) in [5, 5.41) is 14.0. The monoisotopic (exact) mass is 395 g/mol. The van der Waals surface area contributed by atoms with Crippen molar-refractivity contribution in [3.8, 4) is 0 Å². The van der Waals surface area contributed by atoms with Crippen molar-refractivity contribution in [3.63, 3.8) is 0 Å². The molecule has 2 aromatic carbocycles. The number of hydrogen-bond acceptors (Lipinski definition) is 2. The molecule has 2 aromatic rings. The zero-order valence-corrected chi connectivity index (χ0v) is 19.2. The minimum atomic E-state index is -0.429. The Morgan fingerprint density at radius 3 is 2.24 bits per heavy atom. The second kappa shape index (κ2) is 10.1. The maximum Gasteiger partial charge on any atom is 0.0923 e. The zero-order valence-electron chi connectivity index (χ0n) is 19.2. The molecule has 0 radical (unpaired) electrons. The van der Waals surface area contributed by atoms with Crippen molar-refractivity contribution in [2.24, 2.45) is 17.8 Å². The topological polar surface area (TPSA) is 23.5 Å². The molecule has 0 aliphatic heterocycles. The summed E-state index contributed by atoms with van der Waals surface area (Å²) >= 11 is 0. The van der Waals surface area contributed by atoms with Crippen LogP contribution in [0, 0.1) is 17.8 Å². The first-order valence-corrected chi connectivity index (χ1v) is 11.8. The summed E-state index contributed by atoms with van der Waals surface area (Å²) in [6, 6.07) is 11.1. The molecule has 1 aliphatic rings. The van der Waals surface area contributed by atoms with Crippen molar-refractivity contribution in [1.82, 2.24) is 4.90 Å². The maximum atomic E-state index is 11.3. The lowest BCUT2D eigenvalue weighted by Crippen LogP contribution is -2.32. The summed E-state index contributed by atoms with van der Waals surface area (Å²) in [7, 11) is 0. The standard InChI is InChI=1S/C27H41NO/c1-19(2)12-14-28(15-13-20(3)4)18-27(29)26-17-22-16-21(5)10-11-23(22)24-8-6-7-9-25(24)26/h6-9,17,19-21,27,29H,10-16,18H2,1-5H3. The zero-order chi connectivity index (χ0) is 21.0. The molecule has 3 rings (SSSR count). The first kappa shape index (κ1) is 22.3. The SMILES string of the molecule is CC(C)CCN(CCC(C)C)CC(O)c1cc2c(c3ccccc13)CCC(C)C2. The molecule has 0 saturated carbocycles. The smallest absolute Gasteiger partial charge is 0.0923 e. The lowest BCUT2D eigenvalue weighted by atomic mass is 9.80. The Balaban J connectivity index is 1.87. The molecule has 0 saturated heterocycles. The van der Waals surface area contributed by atoms with Crippen molar-refractivity contribution in [2.75, 3.05) is 19.6 Å². The minimum Gasteiger partial charge on any atom is -0.387 e. The van der Waals surface area contributed by atoms with Crippen LogP contribution in [0.3, 0.4) is 0 Å². The molecule has 0 spiro atoms. The fourth-order valence-corrected chi connectivity index (χ4v) is 4.66. The van der Waals surface area contributed by atoms with Gasteiger partial charge >= 0.3 is 0 Å². The molecule has 2 nitrogen and oxygen atoms in total. The van der Waals surface area contributed by atoms with E-state index in [4.69, 9.17) is 0 Å². The van der Waals surface area contributed by atoms with Crippen LogP contribution in [0.4, 0.5) is 0 Å². The number of rotatable bonds is 9. The van der Waals surface area contributed by atoms with Gasteiger partial charge < -0.3 is 10.0 Å². The average Bonchev–Trinajstić information content (AvgIpc) is 2.68. The van der Waals surface area contributed by atoms with E-state index in [2.05, 4.69) is 69.9 Å². The Hall–Kier alpha value is -1.38. The molecule has 2 atom stereocenters. The predicted molar refractivity (Wildman–Crippen MR) is 125 cm³/mol. The summed E-state index contributed by atoms with van der Waals surface area (Å²) in [6.07, 6.45) is 5.53. The molecular weight excluding hydrogens is 354 g/mol. The van der Waals surface area contributed by atoms with E-state index in [0.717, 1.165) is 37.5 Å². The highest BCUT2D eigenvalue weighted by Crippen LogP contribution is 2.36. The van der Waals surface area contributed by atoms with Gasteiger partial charge in [0.05, 0.1) is 6.10 Å². The highest BCUT2D eigenvalue weighted by Gasteiger charge is 2.23. The number of aliphatic hydroxyl groups excluding tert-OH is 1. The molecule has 0 heterocycles. The molecule has 1 N–H and O–H groups in total. The van der Waals surface area contributed by atoms with E-state index in [0.29, 0.717) is 11.8 Å². The van der Waals surface area contributed by atoms with Crippen molar-refractivity contribution in [2.45, 2.75) is 72.8 Å². The minimum absolute atomic E-state index is 0.429. The van der Waals surface area contributed by atoms with Crippen LogP contribution >= 0.6 is 0 Å². The van der Waals surface area contributed by atoms with Crippen LogP contribution in [0.5, 0.6) is 0 Å². The number of hydrogen-bond donors (Lipinski definition) is 1. The molecule has 2 unspecified atom stereocenters. The second-order valence-electron chi connectivity index (χ2n) is 10.2. The summed E-state index contributed by atoms with van der Waals surface area (Å²) in [5.41, 5.74) is 4.12. The molecule has 29 heavy (non-hydrogen) atoms.